The van der Waals surface area contributed by atoms with E-state index >= 15 is 0 Å². The monoisotopic (exact) mass is 371 g/mol. The predicted octanol–water partition coefficient (Wildman–Crippen LogP) is 3.44. The van der Waals surface area contributed by atoms with Gasteiger partial charge >= 0.3 is 5.69 Å². The van der Waals surface area contributed by atoms with Crippen LogP contribution in [0.15, 0.2) is 56.3 Å². The van der Waals surface area contributed by atoms with E-state index in [1.165, 1.54) is 17.7 Å². The van der Waals surface area contributed by atoms with Crippen LogP contribution in [0.3, 0.4) is 0 Å². The van der Waals surface area contributed by atoms with Gasteiger partial charge in [0.2, 0.25) is 0 Å². The van der Waals surface area contributed by atoms with Gasteiger partial charge in [-0.3, -0.25) is 18.9 Å². The number of hydrogen-bond acceptors (Lipinski definition) is 5. The van der Waals surface area contributed by atoms with Gasteiger partial charge in [-0.05, 0) is 36.2 Å². The highest BCUT2D eigenvalue weighted by molar-refractivity contribution is 6.31. The minimum Gasteiger partial charge on any atom is -0.276 e. The van der Waals surface area contributed by atoms with Crippen LogP contribution in [0.5, 0.6) is 0 Å². The molecule has 134 valence electrons. The number of nitrogens with zero attached hydrogens (tertiary/aromatic N) is 5. The molecule has 0 saturated carbocycles. The molecule has 0 bridgehead atoms. The minimum absolute atomic E-state index is 0.261. The van der Waals surface area contributed by atoms with Gasteiger partial charge < -0.3 is 0 Å². The van der Waals surface area contributed by atoms with Crippen molar-refractivity contribution in [3.05, 3.63) is 68.0 Å². The zero-order valence-electron chi connectivity index (χ0n) is 14.5. The summed E-state index contributed by atoms with van der Waals surface area (Å²) in [6, 6.07) is 8.63. The Morgan fingerprint density at radius 2 is 2.00 bits per heavy atom. The second-order valence-electron chi connectivity index (χ2n) is 5.87. The van der Waals surface area contributed by atoms with Gasteiger partial charge in [0.25, 0.3) is 5.56 Å². The molecule has 0 atom stereocenters. The van der Waals surface area contributed by atoms with Crippen molar-refractivity contribution in [2.75, 3.05) is 0 Å². The van der Waals surface area contributed by atoms with Gasteiger partial charge in [0, 0.05) is 36.3 Å². The summed E-state index contributed by atoms with van der Waals surface area (Å²) in [5.41, 5.74) is 0.930. The Morgan fingerprint density at radius 1 is 1.19 bits per heavy atom. The number of pyridine rings is 1. The molecule has 0 amide bonds. The summed E-state index contributed by atoms with van der Waals surface area (Å²) in [5, 5.41) is 9.84. The Labute approximate surface area is 154 Å². The lowest BCUT2D eigenvalue weighted by molar-refractivity contribution is 0.590. The predicted molar refractivity (Wildman–Crippen MR) is 101 cm³/mol. The SMILES string of the molecule is CCCn1c(N=NCc2ccnc3ccc(Cl)cc23)cc(=O)n(C)c1=O. The summed E-state index contributed by atoms with van der Waals surface area (Å²) in [5.74, 6) is 0.261. The zero-order valence-corrected chi connectivity index (χ0v) is 15.3. The average Bonchev–Trinajstić information content (AvgIpc) is 2.63. The fraction of sp³-hybridized carbons (Fsp3) is 0.278. The first kappa shape index (κ1) is 18.0. The van der Waals surface area contributed by atoms with Crippen molar-refractivity contribution in [3.63, 3.8) is 0 Å². The van der Waals surface area contributed by atoms with E-state index in [1.807, 2.05) is 25.1 Å². The first-order valence-corrected chi connectivity index (χ1v) is 8.60. The van der Waals surface area contributed by atoms with Crippen molar-refractivity contribution in [3.8, 4) is 0 Å². The molecular formula is C18H18ClN5O2. The summed E-state index contributed by atoms with van der Waals surface area (Å²) >= 11 is 6.07. The van der Waals surface area contributed by atoms with Gasteiger partial charge in [-0.25, -0.2) is 4.79 Å². The van der Waals surface area contributed by atoms with E-state index < -0.39 is 11.2 Å². The van der Waals surface area contributed by atoms with Crippen molar-refractivity contribution in [1.82, 2.24) is 14.1 Å². The molecule has 0 aliphatic carbocycles. The van der Waals surface area contributed by atoms with E-state index in [0.29, 0.717) is 11.6 Å². The number of fused-ring (bicyclic) bond motifs is 1. The van der Waals surface area contributed by atoms with Gasteiger partial charge in [0.05, 0.1) is 12.1 Å². The van der Waals surface area contributed by atoms with Crippen molar-refractivity contribution >= 4 is 28.3 Å². The number of aromatic nitrogens is 3. The van der Waals surface area contributed by atoms with Crippen LogP contribution in [0.1, 0.15) is 18.9 Å². The second kappa shape index (κ2) is 7.61. The van der Waals surface area contributed by atoms with Crippen LogP contribution in [0.2, 0.25) is 5.02 Å². The molecule has 0 spiro atoms. The maximum Gasteiger partial charge on any atom is 0.332 e. The average molecular weight is 372 g/mol. The van der Waals surface area contributed by atoms with E-state index in [2.05, 4.69) is 15.2 Å². The molecule has 1 aromatic carbocycles. The van der Waals surface area contributed by atoms with Crippen LogP contribution >= 0.6 is 11.6 Å². The molecule has 8 heteroatoms. The molecule has 0 saturated heterocycles. The number of rotatable bonds is 5. The van der Waals surface area contributed by atoms with E-state index in [4.69, 9.17) is 11.6 Å². The number of halogens is 1. The number of azo groups is 1. The van der Waals surface area contributed by atoms with Crippen LogP contribution in [0.25, 0.3) is 10.9 Å². The molecule has 0 aliphatic rings. The van der Waals surface area contributed by atoms with Crippen molar-refractivity contribution in [2.24, 2.45) is 17.3 Å². The third kappa shape index (κ3) is 3.57. The van der Waals surface area contributed by atoms with Gasteiger partial charge in [0.1, 0.15) is 0 Å². The van der Waals surface area contributed by atoms with E-state index in [1.54, 1.807) is 12.3 Å². The van der Waals surface area contributed by atoms with Crippen molar-refractivity contribution < 1.29 is 0 Å². The third-order valence-corrected chi connectivity index (χ3v) is 4.27. The molecule has 2 aromatic heterocycles. The molecule has 2 heterocycles. The lowest BCUT2D eigenvalue weighted by Crippen LogP contribution is -2.37. The van der Waals surface area contributed by atoms with Crippen LogP contribution in [-0.4, -0.2) is 14.1 Å². The first-order chi connectivity index (χ1) is 12.5. The molecular weight excluding hydrogens is 354 g/mol. The largest absolute Gasteiger partial charge is 0.332 e. The molecule has 0 unspecified atom stereocenters. The molecule has 26 heavy (non-hydrogen) atoms. The van der Waals surface area contributed by atoms with Crippen LogP contribution < -0.4 is 11.2 Å². The normalized spacial score (nSPS) is 11.5. The Morgan fingerprint density at radius 3 is 2.77 bits per heavy atom. The molecule has 0 N–H and O–H groups in total. The van der Waals surface area contributed by atoms with Gasteiger partial charge in [-0.1, -0.05) is 18.5 Å². The number of hydrogen-bond donors (Lipinski definition) is 0. The molecule has 0 radical (unpaired) electrons. The van der Waals surface area contributed by atoms with Crippen LogP contribution in [0, 0.1) is 0 Å². The van der Waals surface area contributed by atoms with Crippen LogP contribution in [0.4, 0.5) is 5.82 Å². The van der Waals surface area contributed by atoms with Gasteiger partial charge in [-0.15, -0.1) is 5.11 Å². The molecule has 3 aromatic rings. The fourth-order valence-electron chi connectivity index (χ4n) is 2.67. The number of benzene rings is 1. The summed E-state index contributed by atoms with van der Waals surface area (Å²) < 4.78 is 2.51. The van der Waals surface area contributed by atoms with E-state index in [0.717, 1.165) is 27.5 Å². The summed E-state index contributed by atoms with van der Waals surface area (Å²) in [4.78, 5) is 28.4. The summed E-state index contributed by atoms with van der Waals surface area (Å²) in [6.45, 7) is 2.70. The lowest BCUT2D eigenvalue weighted by atomic mass is 10.1. The van der Waals surface area contributed by atoms with Crippen LogP contribution in [-0.2, 0) is 20.1 Å². The second-order valence-corrected chi connectivity index (χ2v) is 6.30. The van der Waals surface area contributed by atoms with Crippen molar-refractivity contribution in [2.45, 2.75) is 26.4 Å². The summed E-state index contributed by atoms with van der Waals surface area (Å²) in [6.07, 6.45) is 2.44. The Hall–Kier alpha value is -2.80. The Balaban J connectivity index is 1.96. The topological polar surface area (TPSA) is 81.6 Å². The fourth-order valence-corrected chi connectivity index (χ4v) is 2.84. The standard InChI is InChI=1S/C18H18ClN5O2/c1-3-8-24-16(10-17(25)23(2)18(24)26)22-21-11-12-6-7-20-15-5-4-13(19)9-14(12)15/h4-7,9-10H,3,8,11H2,1-2H3. The highest BCUT2D eigenvalue weighted by Crippen LogP contribution is 2.22. The smallest absolute Gasteiger partial charge is 0.276 e. The van der Waals surface area contributed by atoms with Crippen molar-refractivity contribution in [1.29, 1.82) is 0 Å². The Kier molecular flexibility index (Phi) is 5.27. The van der Waals surface area contributed by atoms with Gasteiger partial charge in [0.15, 0.2) is 5.82 Å². The minimum atomic E-state index is -0.405. The summed E-state index contributed by atoms with van der Waals surface area (Å²) in [7, 11) is 1.45. The quantitative estimate of drug-likeness (QED) is 0.644. The highest BCUT2D eigenvalue weighted by atomic mass is 35.5. The highest BCUT2D eigenvalue weighted by Gasteiger charge is 2.08. The molecule has 0 aliphatic heterocycles. The van der Waals surface area contributed by atoms with Gasteiger partial charge in [-0.2, -0.15) is 5.11 Å². The molecule has 0 fully saturated rings. The molecule has 3 rings (SSSR count). The van der Waals surface area contributed by atoms with E-state index in [-0.39, 0.29) is 12.4 Å². The maximum atomic E-state index is 12.2. The Bertz CT molecular complexity index is 1100. The van der Waals surface area contributed by atoms with E-state index in [9.17, 15) is 9.59 Å². The molecule has 7 nitrogen and oxygen atoms in total. The first-order valence-electron chi connectivity index (χ1n) is 8.22. The zero-order chi connectivity index (χ0) is 18.7. The lowest BCUT2D eigenvalue weighted by Gasteiger charge is -2.08. The maximum absolute atomic E-state index is 12.2. The third-order valence-electron chi connectivity index (χ3n) is 4.03.